The van der Waals surface area contributed by atoms with Crippen molar-refractivity contribution in [2.24, 2.45) is 0 Å². The Morgan fingerprint density at radius 3 is 2.47 bits per heavy atom. The van der Waals surface area contributed by atoms with Crippen molar-refractivity contribution in [3.63, 3.8) is 0 Å². The van der Waals surface area contributed by atoms with Crippen molar-refractivity contribution in [1.29, 1.82) is 0 Å². The number of carbonyl (C=O) groups is 1. The highest BCUT2D eigenvalue weighted by atomic mass is 35.5. The molecule has 36 heavy (non-hydrogen) atoms. The van der Waals surface area contributed by atoms with Gasteiger partial charge < -0.3 is 13.9 Å². The fourth-order valence-corrected chi connectivity index (χ4v) is 4.75. The van der Waals surface area contributed by atoms with E-state index in [4.69, 9.17) is 25.5 Å². The number of furan rings is 1. The third kappa shape index (κ3) is 4.64. The predicted octanol–water partition coefficient (Wildman–Crippen LogP) is 7.50. The predicted molar refractivity (Wildman–Crippen MR) is 143 cm³/mol. The molecule has 0 aliphatic carbocycles. The number of carbonyl (C=O) groups excluding carboxylic acids is 1. The smallest absolute Gasteiger partial charge is 0.228 e. The zero-order valence-corrected chi connectivity index (χ0v) is 21.3. The number of allylic oxidation sites excluding steroid dienone is 1. The number of hydrogen-bond acceptors (Lipinski definition) is 5. The SMILES string of the molecule is CCN(CC)C(C)Oc1ccc(-c2c(C(=O)c3ccc(Cl)cc3)oc3cc4c(cc23)CC=CO4)cc1. The zero-order chi connectivity index (χ0) is 25.2. The van der Waals surface area contributed by atoms with Crippen LogP contribution in [0.3, 0.4) is 0 Å². The second-order valence-electron chi connectivity index (χ2n) is 8.75. The molecule has 5 rings (SSSR count). The van der Waals surface area contributed by atoms with E-state index in [1.54, 1.807) is 30.5 Å². The van der Waals surface area contributed by atoms with Crippen LogP contribution in [-0.4, -0.2) is 30.0 Å². The molecule has 5 nitrogen and oxygen atoms in total. The monoisotopic (exact) mass is 501 g/mol. The summed E-state index contributed by atoms with van der Waals surface area (Å²) < 4.78 is 18.0. The maximum atomic E-state index is 13.6. The van der Waals surface area contributed by atoms with Gasteiger partial charge in [0.25, 0.3) is 0 Å². The average Bonchev–Trinajstić information content (AvgIpc) is 3.26. The highest BCUT2D eigenvalue weighted by Gasteiger charge is 2.25. The van der Waals surface area contributed by atoms with E-state index in [0.29, 0.717) is 16.2 Å². The first-order chi connectivity index (χ1) is 17.5. The van der Waals surface area contributed by atoms with Gasteiger partial charge in [-0.2, -0.15) is 0 Å². The molecule has 1 aromatic heterocycles. The lowest BCUT2D eigenvalue weighted by molar-refractivity contribution is 0.0481. The van der Waals surface area contributed by atoms with E-state index in [-0.39, 0.29) is 17.8 Å². The number of ether oxygens (including phenoxy) is 2. The molecule has 0 saturated heterocycles. The molecular weight excluding hydrogens is 474 g/mol. The molecule has 3 aromatic carbocycles. The van der Waals surface area contributed by atoms with Gasteiger partial charge in [-0.25, -0.2) is 0 Å². The van der Waals surface area contributed by atoms with Crippen molar-refractivity contribution < 1.29 is 18.7 Å². The van der Waals surface area contributed by atoms with E-state index in [1.165, 1.54) is 0 Å². The molecule has 4 aromatic rings. The lowest BCUT2D eigenvalue weighted by atomic mass is 9.96. The number of benzene rings is 3. The van der Waals surface area contributed by atoms with Crippen LogP contribution in [0.15, 0.2) is 77.4 Å². The van der Waals surface area contributed by atoms with E-state index in [1.807, 2.05) is 43.3 Å². The van der Waals surface area contributed by atoms with Gasteiger partial charge >= 0.3 is 0 Å². The first-order valence-corrected chi connectivity index (χ1v) is 12.6. The second kappa shape index (κ2) is 10.2. The largest absolute Gasteiger partial charge is 0.475 e. The van der Waals surface area contributed by atoms with Crippen LogP contribution in [-0.2, 0) is 6.42 Å². The van der Waals surface area contributed by atoms with E-state index in [0.717, 1.165) is 53.1 Å². The fraction of sp³-hybridized carbons (Fsp3) is 0.233. The third-order valence-electron chi connectivity index (χ3n) is 6.59. The molecule has 6 heteroatoms. The van der Waals surface area contributed by atoms with Gasteiger partial charge in [-0.3, -0.25) is 9.69 Å². The van der Waals surface area contributed by atoms with Crippen LogP contribution in [0.4, 0.5) is 0 Å². The Balaban J connectivity index is 1.58. The van der Waals surface area contributed by atoms with Gasteiger partial charge in [-0.05, 0) is 86.1 Å². The van der Waals surface area contributed by atoms with Crippen LogP contribution in [0.25, 0.3) is 22.1 Å². The molecule has 2 heterocycles. The van der Waals surface area contributed by atoms with Gasteiger partial charge in [0.2, 0.25) is 5.78 Å². The fourth-order valence-electron chi connectivity index (χ4n) is 4.62. The summed E-state index contributed by atoms with van der Waals surface area (Å²) in [7, 11) is 0. The lowest BCUT2D eigenvalue weighted by Crippen LogP contribution is -2.36. The lowest BCUT2D eigenvalue weighted by Gasteiger charge is -2.26. The quantitative estimate of drug-likeness (QED) is 0.185. The first kappa shape index (κ1) is 24.2. The van der Waals surface area contributed by atoms with E-state index in [2.05, 4.69) is 24.8 Å². The molecule has 1 aliphatic heterocycles. The van der Waals surface area contributed by atoms with Crippen LogP contribution in [0, 0.1) is 0 Å². The number of ketones is 1. The van der Waals surface area contributed by atoms with Crippen LogP contribution >= 0.6 is 11.6 Å². The Morgan fingerprint density at radius 1 is 1.06 bits per heavy atom. The van der Waals surface area contributed by atoms with Crippen molar-refractivity contribution in [2.75, 3.05) is 13.1 Å². The zero-order valence-electron chi connectivity index (χ0n) is 20.6. The Labute approximate surface area is 215 Å². The molecule has 0 radical (unpaired) electrons. The van der Waals surface area contributed by atoms with Crippen molar-refractivity contribution in [1.82, 2.24) is 4.90 Å². The molecule has 0 spiro atoms. The topological polar surface area (TPSA) is 51.9 Å². The van der Waals surface area contributed by atoms with Crippen molar-refractivity contribution in [3.05, 3.63) is 94.9 Å². The van der Waals surface area contributed by atoms with E-state index >= 15 is 0 Å². The summed E-state index contributed by atoms with van der Waals surface area (Å²) in [5, 5.41) is 1.44. The summed E-state index contributed by atoms with van der Waals surface area (Å²) in [6.45, 7) is 8.11. The van der Waals surface area contributed by atoms with Gasteiger partial charge in [0.1, 0.15) is 23.3 Å². The number of fused-ring (bicyclic) bond motifs is 2. The molecule has 1 unspecified atom stereocenters. The summed E-state index contributed by atoms with van der Waals surface area (Å²) in [6.07, 6.45) is 4.36. The molecule has 0 bridgehead atoms. The normalized spacial score (nSPS) is 13.5. The minimum atomic E-state index is -0.203. The molecule has 0 fully saturated rings. The van der Waals surface area contributed by atoms with Crippen LogP contribution < -0.4 is 9.47 Å². The summed E-state index contributed by atoms with van der Waals surface area (Å²) in [4.78, 5) is 15.8. The molecule has 1 atom stereocenters. The Bertz CT molecular complexity index is 1420. The third-order valence-corrected chi connectivity index (χ3v) is 6.84. The minimum absolute atomic E-state index is 0.0396. The first-order valence-electron chi connectivity index (χ1n) is 12.2. The Kier molecular flexibility index (Phi) is 6.86. The van der Waals surface area contributed by atoms with E-state index in [9.17, 15) is 4.79 Å². The van der Waals surface area contributed by atoms with Gasteiger partial charge in [-0.1, -0.05) is 37.6 Å². The number of halogens is 1. The number of rotatable bonds is 8. The molecule has 184 valence electrons. The average molecular weight is 502 g/mol. The van der Waals surface area contributed by atoms with Gasteiger partial charge in [-0.15, -0.1) is 0 Å². The standard InChI is InChI=1S/C30H28ClNO4/c1-4-32(5-2)19(3)35-24-14-10-20(11-15-24)28-25-17-22-7-6-16-34-26(22)18-27(25)36-30(28)29(33)21-8-12-23(31)13-9-21/h6,8-19H,4-5,7H2,1-3H3. The van der Waals surface area contributed by atoms with Gasteiger partial charge in [0.15, 0.2) is 5.76 Å². The second-order valence-corrected chi connectivity index (χ2v) is 9.19. The van der Waals surface area contributed by atoms with Crippen LogP contribution in [0.2, 0.25) is 5.02 Å². The number of nitrogens with zero attached hydrogens (tertiary/aromatic N) is 1. The highest BCUT2D eigenvalue weighted by Crippen LogP contribution is 2.40. The summed E-state index contributed by atoms with van der Waals surface area (Å²) in [5.74, 6) is 1.59. The van der Waals surface area contributed by atoms with Crippen molar-refractivity contribution in [3.8, 4) is 22.6 Å². The maximum Gasteiger partial charge on any atom is 0.228 e. The van der Waals surface area contributed by atoms with Gasteiger partial charge in [0, 0.05) is 27.6 Å². The van der Waals surface area contributed by atoms with Crippen molar-refractivity contribution >= 4 is 28.4 Å². The Morgan fingerprint density at radius 2 is 1.78 bits per heavy atom. The van der Waals surface area contributed by atoms with E-state index < -0.39 is 0 Å². The highest BCUT2D eigenvalue weighted by molar-refractivity contribution is 6.30. The summed E-state index contributed by atoms with van der Waals surface area (Å²) in [5.41, 5.74) is 3.79. The Hall–Kier alpha value is -3.54. The minimum Gasteiger partial charge on any atom is -0.475 e. The molecule has 0 amide bonds. The van der Waals surface area contributed by atoms with Crippen LogP contribution in [0.5, 0.6) is 11.5 Å². The number of hydrogen-bond donors (Lipinski definition) is 0. The van der Waals surface area contributed by atoms with Crippen LogP contribution in [0.1, 0.15) is 42.5 Å². The summed E-state index contributed by atoms with van der Waals surface area (Å²) in [6, 6.07) is 18.6. The molecule has 0 saturated carbocycles. The van der Waals surface area contributed by atoms with Gasteiger partial charge in [0.05, 0.1) is 6.26 Å². The molecular formula is C30H28ClNO4. The molecule has 1 aliphatic rings. The molecule has 0 N–H and O–H groups in total. The summed E-state index contributed by atoms with van der Waals surface area (Å²) >= 11 is 6.05. The maximum absolute atomic E-state index is 13.6. The van der Waals surface area contributed by atoms with Crippen molar-refractivity contribution in [2.45, 2.75) is 33.4 Å².